The number of rotatable bonds is 3. The second kappa shape index (κ2) is 4.68. The number of fused-ring (bicyclic) bond motifs is 1. The fraction of sp³-hybridized carbons (Fsp3) is 0.267. The van der Waals surface area contributed by atoms with Crippen molar-refractivity contribution in [3.8, 4) is 0 Å². The van der Waals surface area contributed by atoms with Crippen LogP contribution in [0, 0.1) is 5.92 Å². The Balaban J connectivity index is 2.70. The van der Waals surface area contributed by atoms with Crippen molar-refractivity contribution in [2.75, 3.05) is 0 Å². The maximum absolute atomic E-state index is 11.0. The molecule has 0 unspecified atom stereocenters. The van der Waals surface area contributed by atoms with Crippen LogP contribution in [0.5, 0.6) is 0 Å². The van der Waals surface area contributed by atoms with E-state index in [-0.39, 0.29) is 5.92 Å². The van der Waals surface area contributed by atoms with E-state index in [1.807, 2.05) is 44.2 Å². The summed E-state index contributed by atoms with van der Waals surface area (Å²) in [6.07, 6.45) is 0.356. The summed E-state index contributed by atoms with van der Waals surface area (Å²) in [5, 5.41) is 12.0. The molecular weight excluding hydrogens is 212 g/mol. The minimum Gasteiger partial charge on any atom is -0.388 e. The number of hydrogen-bond acceptors (Lipinski definition) is 2. The smallest absolute Gasteiger partial charge is 0.150 e. The Hall–Kier alpha value is -1.67. The number of benzene rings is 2. The van der Waals surface area contributed by atoms with Gasteiger partial charge in [-0.3, -0.25) is 4.79 Å². The van der Waals surface area contributed by atoms with Crippen molar-refractivity contribution in [3.63, 3.8) is 0 Å². The van der Waals surface area contributed by atoms with E-state index in [4.69, 9.17) is 0 Å². The largest absolute Gasteiger partial charge is 0.388 e. The van der Waals surface area contributed by atoms with E-state index in [0.717, 1.165) is 22.6 Å². The molecule has 1 atom stereocenters. The molecule has 0 amide bonds. The molecule has 88 valence electrons. The van der Waals surface area contributed by atoms with Crippen LogP contribution < -0.4 is 0 Å². The lowest BCUT2D eigenvalue weighted by Crippen LogP contribution is -2.06. The fourth-order valence-corrected chi connectivity index (χ4v) is 2.07. The molecule has 0 spiro atoms. The van der Waals surface area contributed by atoms with Crippen molar-refractivity contribution < 1.29 is 9.90 Å². The first kappa shape index (κ1) is 11.8. The van der Waals surface area contributed by atoms with Crippen LogP contribution in [0.1, 0.15) is 35.9 Å². The normalized spacial score (nSPS) is 12.9. The third-order valence-corrected chi connectivity index (χ3v) is 3.07. The zero-order chi connectivity index (χ0) is 12.4. The van der Waals surface area contributed by atoms with E-state index >= 15 is 0 Å². The molecule has 0 bridgehead atoms. The molecule has 1 N–H and O–H groups in total. The van der Waals surface area contributed by atoms with E-state index in [2.05, 4.69) is 0 Å². The highest BCUT2D eigenvalue weighted by Crippen LogP contribution is 2.30. The summed E-state index contributed by atoms with van der Waals surface area (Å²) in [6, 6.07) is 11.3. The van der Waals surface area contributed by atoms with Gasteiger partial charge in [0, 0.05) is 5.56 Å². The average Bonchev–Trinajstić information content (AvgIpc) is 2.36. The van der Waals surface area contributed by atoms with Crippen molar-refractivity contribution in [2.24, 2.45) is 5.92 Å². The highest BCUT2D eigenvalue weighted by atomic mass is 16.3. The highest BCUT2D eigenvalue weighted by Gasteiger charge is 2.15. The molecule has 2 aromatic rings. The fourth-order valence-electron chi connectivity index (χ4n) is 2.07. The second-order valence-electron chi connectivity index (χ2n) is 4.60. The number of aldehydes is 1. The van der Waals surface area contributed by atoms with E-state index in [1.54, 1.807) is 6.07 Å². The summed E-state index contributed by atoms with van der Waals surface area (Å²) < 4.78 is 0. The van der Waals surface area contributed by atoms with Crippen molar-refractivity contribution >= 4 is 17.1 Å². The molecule has 0 aliphatic heterocycles. The lowest BCUT2D eigenvalue weighted by Gasteiger charge is -2.17. The monoisotopic (exact) mass is 228 g/mol. The van der Waals surface area contributed by atoms with E-state index in [0.29, 0.717) is 5.56 Å². The summed E-state index contributed by atoms with van der Waals surface area (Å²) in [6.45, 7) is 3.96. The van der Waals surface area contributed by atoms with E-state index in [1.165, 1.54) is 0 Å². The zero-order valence-corrected chi connectivity index (χ0v) is 10.1. The Morgan fingerprint density at radius 3 is 2.29 bits per heavy atom. The van der Waals surface area contributed by atoms with Crippen molar-refractivity contribution in [3.05, 3.63) is 47.5 Å². The van der Waals surface area contributed by atoms with Crippen LogP contribution in [-0.2, 0) is 0 Å². The minimum absolute atomic E-state index is 0.153. The van der Waals surface area contributed by atoms with Gasteiger partial charge in [0.25, 0.3) is 0 Å². The van der Waals surface area contributed by atoms with Gasteiger partial charge >= 0.3 is 0 Å². The molecule has 0 radical (unpaired) electrons. The predicted octanol–water partition coefficient (Wildman–Crippen LogP) is 3.34. The Morgan fingerprint density at radius 2 is 1.71 bits per heavy atom. The van der Waals surface area contributed by atoms with Gasteiger partial charge in [-0.05, 0) is 22.3 Å². The van der Waals surface area contributed by atoms with Crippen LogP contribution >= 0.6 is 0 Å². The predicted molar refractivity (Wildman–Crippen MR) is 69.1 cm³/mol. The van der Waals surface area contributed by atoms with Crippen molar-refractivity contribution in [1.82, 2.24) is 0 Å². The maximum Gasteiger partial charge on any atom is 0.150 e. The first-order chi connectivity index (χ1) is 8.15. The number of aliphatic hydroxyl groups is 1. The third-order valence-electron chi connectivity index (χ3n) is 3.07. The summed E-state index contributed by atoms with van der Waals surface area (Å²) in [5.74, 6) is 0.153. The minimum atomic E-state index is -0.499. The average molecular weight is 228 g/mol. The Kier molecular flexibility index (Phi) is 3.25. The molecule has 0 fully saturated rings. The lowest BCUT2D eigenvalue weighted by molar-refractivity contribution is 0.112. The van der Waals surface area contributed by atoms with Gasteiger partial charge in [0.2, 0.25) is 0 Å². The van der Waals surface area contributed by atoms with Crippen LogP contribution in [0.25, 0.3) is 10.8 Å². The van der Waals surface area contributed by atoms with Gasteiger partial charge < -0.3 is 5.11 Å². The molecule has 2 heteroatoms. The van der Waals surface area contributed by atoms with Gasteiger partial charge in [-0.25, -0.2) is 0 Å². The van der Waals surface area contributed by atoms with Gasteiger partial charge in [-0.2, -0.15) is 0 Å². The van der Waals surface area contributed by atoms with Crippen LogP contribution in [0.2, 0.25) is 0 Å². The van der Waals surface area contributed by atoms with Gasteiger partial charge in [-0.1, -0.05) is 50.2 Å². The molecule has 2 rings (SSSR count). The number of hydrogen-bond donors (Lipinski definition) is 1. The summed E-state index contributed by atoms with van der Waals surface area (Å²) in [4.78, 5) is 11.0. The third kappa shape index (κ3) is 2.08. The molecule has 0 aromatic heterocycles. The highest BCUT2D eigenvalue weighted by molar-refractivity contribution is 5.99. The van der Waals surface area contributed by atoms with Crippen molar-refractivity contribution in [2.45, 2.75) is 20.0 Å². The first-order valence-electron chi connectivity index (χ1n) is 5.80. The second-order valence-corrected chi connectivity index (χ2v) is 4.60. The molecular formula is C15H16O2. The zero-order valence-electron chi connectivity index (χ0n) is 10.1. The van der Waals surface area contributed by atoms with E-state index in [9.17, 15) is 9.90 Å². The number of carbonyl (C=O) groups excluding carboxylic acids is 1. The molecule has 17 heavy (non-hydrogen) atoms. The van der Waals surface area contributed by atoms with Gasteiger partial charge in [0.05, 0.1) is 6.10 Å². The molecule has 0 aliphatic rings. The maximum atomic E-state index is 11.0. The standard InChI is InChI=1S/C15H16O2/c1-10(2)15(17)14-8-7-11(9-16)12-5-3-4-6-13(12)14/h3-10,15,17H,1-2H3/t15-/m0/s1. The molecule has 0 saturated carbocycles. The topological polar surface area (TPSA) is 37.3 Å². The van der Waals surface area contributed by atoms with E-state index < -0.39 is 6.10 Å². The molecule has 0 saturated heterocycles. The Labute approximate surface area is 101 Å². The SMILES string of the molecule is CC(C)[C@H](O)c1ccc(C=O)c2ccccc12. The summed E-state index contributed by atoms with van der Waals surface area (Å²) in [7, 11) is 0. The quantitative estimate of drug-likeness (QED) is 0.818. The molecule has 0 heterocycles. The summed E-state index contributed by atoms with van der Waals surface area (Å²) >= 11 is 0. The number of carbonyl (C=O) groups is 1. The van der Waals surface area contributed by atoms with Gasteiger partial charge in [-0.15, -0.1) is 0 Å². The Bertz CT molecular complexity index is 544. The Morgan fingerprint density at radius 1 is 1.06 bits per heavy atom. The van der Waals surface area contributed by atoms with Gasteiger partial charge in [0.15, 0.2) is 6.29 Å². The number of aliphatic hydroxyl groups excluding tert-OH is 1. The van der Waals surface area contributed by atoms with Crippen molar-refractivity contribution in [1.29, 1.82) is 0 Å². The molecule has 2 nitrogen and oxygen atoms in total. The first-order valence-corrected chi connectivity index (χ1v) is 5.80. The molecule has 0 aliphatic carbocycles. The van der Waals surface area contributed by atoms with Crippen LogP contribution in [0.15, 0.2) is 36.4 Å². The summed E-state index contributed by atoms with van der Waals surface area (Å²) in [5.41, 5.74) is 1.56. The lowest BCUT2D eigenvalue weighted by atomic mass is 9.92. The molecule has 2 aromatic carbocycles. The van der Waals surface area contributed by atoms with Crippen LogP contribution in [0.3, 0.4) is 0 Å². The van der Waals surface area contributed by atoms with Crippen LogP contribution in [0.4, 0.5) is 0 Å². The van der Waals surface area contributed by atoms with Crippen LogP contribution in [-0.4, -0.2) is 11.4 Å². The van der Waals surface area contributed by atoms with Gasteiger partial charge in [0.1, 0.15) is 0 Å².